The van der Waals surface area contributed by atoms with Gasteiger partial charge in [-0.15, -0.1) is 0 Å². The van der Waals surface area contributed by atoms with Gasteiger partial charge in [-0.05, 0) is 31.2 Å². The molecule has 2 rings (SSSR count). The molecule has 106 valence electrons. The summed E-state index contributed by atoms with van der Waals surface area (Å²) in [6.45, 7) is 1.67. The van der Waals surface area contributed by atoms with Crippen LogP contribution in [0.2, 0.25) is 0 Å². The van der Waals surface area contributed by atoms with Crippen molar-refractivity contribution in [2.24, 2.45) is 0 Å². The van der Waals surface area contributed by atoms with Crippen LogP contribution in [-0.2, 0) is 15.8 Å². The number of nitrogens with one attached hydrogen (secondary N) is 1. The summed E-state index contributed by atoms with van der Waals surface area (Å²) in [5.41, 5.74) is 0.674. The molecule has 0 aliphatic carbocycles. The van der Waals surface area contributed by atoms with Crippen molar-refractivity contribution in [1.29, 1.82) is 0 Å². The van der Waals surface area contributed by atoms with E-state index in [1.807, 2.05) is 0 Å². The lowest BCUT2D eigenvalue weighted by atomic mass is 10.2. The molecule has 8 heteroatoms. The fourth-order valence-electron chi connectivity index (χ4n) is 1.58. The van der Waals surface area contributed by atoms with E-state index in [2.05, 4.69) is 9.88 Å². The highest BCUT2D eigenvalue weighted by atomic mass is 32.2. The van der Waals surface area contributed by atoms with E-state index in [1.165, 1.54) is 30.3 Å². The number of carboxylic acid groups (broad SMARTS) is 1. The highest BCUT2D eigenvalue weighted by Gasteiger charge is 2.15. The van der Waals surface area contributed by atoms with Crippen LogP contribution in [-0.4, -0.2) is 24.7 Å². The van der Waals surface area contributed by atoms with E-state index in [1.54, 1.807) is 6.92 Å². The largest absolute Gasteiger partial charge is 0.478 e. The Hall–Kier alpha value is -2.35. The van der Waals surface area contributed by atoms with Gasteiger partial charge in [0.1, 0.15) is 17.2 Å². The van der Waals surface area contributed by atoms with E-state index in [4.69, 9.17) is 9.63 Å². The number of carboxylic acids is 1. The molecule has 0 atom stereocenters. The Morgan fingerprint density at radius 3 is 2.50 bits per heavy atom. The van der Waals surface area contributed by atoms with E-state index in [0.29, 0.717) is 11.5 Å². The zero-order valence-corrected chi connectivity index (χ0v) is 11.3. The zero-order chi connectivity index (χ0) is 14.8. The number of rotatable bonds is 5. The Kier molecular flexibility index (Phi) is 3.75. The molecule has 1 aromatic carbocycles. The molecule has 0 amide bonds. The van der Waals surface area contributed by atoms with Gasteiger partial charge in [-0.2, -0.15) is 0 Å². The molecule has 0 bridgehead atoms. The van der Waals surface area contributed by atoms with Crippen LogP contribution in [0.25, 0.3) is 0 Å². The number of carbonyl (C=O) groups is 1. The molecule has 7 nitrogen and oxygen atoms in total. The minimum atomic E-state index is -3.63. The number of aromatic carboxylic acids is 1. The first-order valence-corrected chi connectivity index (χ1v) is 7.27. The van der Waals surface area contributed by atoms with Gasteiger partial charge in [0, 0.05) is 11.8 Å². The summed E-state index contributed by atoms with van der Waals surface area (Å²) >= 11 is 0. The third kappa shape index (κ3) is 3.58. The molecule has 2 aromatic rings. The lowest BCUT2D eigenvalue weighted by Gasteiger charge is -2.06. The van der Waals surface area contributed by atoms with E-state index < -0.39 is 16.0 Å². The molecular formula is C12H12N2O5S. The van der Waals surface area contributed by atoms with Crippen LogP contribution in [0, 0.1) is 6.92 Å². The van der Waals surface area contributed by atoms with Gasteiger partial charge in [0.2, 0.25) is 10.0 Å². The molecule has 0 radical (unpaired) electrons. The quantitative estimate of drug-likeness (QED) is 0.867. The molecule has 0 unspecified atom stereocenters. The van der Waals surface area contributed by atoms with Crippen LogP contribution in [0.15, 0.2) is 34.9 Å². The van der Waals surface area contributed by atoms with Crippen LogP contribution >= 0.6 is 0 Å². The van der Waals surface area contributed by atoms with Crippen molar-refractivity contribution >= 4 is 21.7 Å². The summed E-state index contributed by atoms with van der Waals surface area (Å²) in [5, 5.41) is 12.4. The van der Waals surface area contributed by atoms with E-state index >= 15 is 0 Å². The van der Waals surface area contributed by atoms with Crippen molar-refractivity contribution in [3.8, 4) is 0 Å². The van der Waals surface area contributed by atoms with Gasteiger partial charge in [-0.25, -0.2) is 13.2 Å². The van der Waals surface area contributed by atoms with E-state index in [9.17, 15) is 13.2 Å². The molecule has 1 heterocycles. The topological polar surface area (TPSA) is 110 Å². The molecule has 0 saturated carbocycles. The summed E-state index contributed by atoms with van der Waals surface area (Å²) in [6.07, 6.45) is 0. The first-order chi connectivity index (χ1) is 9.35. The van der Waals surface area contributed by atoms with Gasteiger partial charge in [0.05, 0.1) is 5.56 Å². The molecule has 0 aliphatic heterocycles. The van der Waals surface area contributed by atoms with Crippen molar-refractivity contribution < 1.29 is 22.8 Å². The zero-order valence-electron chi connectivity index (χ0n) is 10.5. The maximum atomic E-state index is 11.9. The number of hydrogen-bond donors (Lipinski definition) is 2. The van der Waals surface area contributed by atoms with Gasteiger partial charge >= 0.3 is 5.97 Å². The highest BCUT2D eigenvalue weighted by molar-refractivity contribution is 7.91. The minimum Gasteiger partial charge on any atom is -0.478 e. The van der Waals surface area contributed by atoms with Crippen molar-refractivity contribution in [2.75, 3.05) is 4.72 Å². The normalized spacial score (nSPS) is 11.2. The lowest BCUT2D eigenvalue weighted by Crippen LogP contribution is -2.15. The summed E-state index contributed by atoms with van der Waals surface area (Å²) in [7, 11) is -3.63. The molecule has 1 aromatic heterocycles. The van der Waals surface area contributed by atoms with E-state index in [-0.39, 0.29) is 17.0 Å². The summed E-state index contributed by atoms with van der Waals surface area (Å²) in [6, 6.07) is 6.94. The van der Waals surface area contributed by atoms with Crippen LogP contribution in [0.3, 0.4) is 0 Å². The van der Waals surface area contributed by atoms with Gasteiger partial charge in [0.15, 0.2) is 0 Å². The second kappa shape index (κ2) is 5.33. The second-order valence-corrected chi connectivity index (χ2v) is 5.89. The smallest absolute Gasteiger partial charge is 0.335 e. The fraction of sp³-hybridized carbons (Fsp3) is 0.167. The predicted molar refractivity (Wildman–Crippen MR) is 70.9 cm³/mol. The Balaban J connectivity index is 2.09. The van der Waals surface area contributed by atoms with E-state index in [0.717, 1.165) is 0 Å². The maximum absolute atomic E-state index is 11.9. The highest BCUT2D eigenvalue weighted by Crippen LogP contribution is 2.14. The van der Waals surface area contributed by atoms with Crippen molar-refractivity contribution in [2.45, 2.75) is 12.7 Å². The Labute approximate surface area is 115 Å². The van der Waals surface area contributed by atoms with Gasteiger partial charge in [-0.3, -0.25) is 4.72 Å². The number of hydrogen-bond acceptors (Lipinski definition) is 5. The average molecular weight is 296 g/mol. The van der Waals surface area contributed by atoms with Gasteiger partial charge < -0.3 is 9.63 Å². The Morgan fingerprint density at radius 2 is 2.00 bits per heavy atom. The first kappa shape index (κ1) is 14.1. The summed E-state index contributed by atoms with van der Waals surface area (Å²) in [5.74, 6) is -0.858. The summed E-state index contributed by atoms with van der Waals surface area (Å²) in [4.78, 5) is 10.7. The van der Waals surface area contributed by atoms with Gasteiger partial charge in [-0.1, -0.05) is 5.16 Å². The lowest BCUT2D eigenvalue weighted by molar-refractivity contribution is 0.0697. The first-order valence-electron chi connectivity index (χ1n) is 5.62. The van der Waals surface area contributed by atoms with Crippen molar-refractivity contribution in [1.82, 2.24) is 5.16 Å². The standard InChI is InChI=1S/C12H12N2O5S/c1-8-6-11(13-19-8)7-20(17,18)14-10-4-2-9(3-5-10)12(15)16/h2-6,14H,7H2,1H3,(H,15,16). The third-order valence-corrected chi connectivity index (χ3v) is 3.64. The third-order valence-electron chi connectivity index (χ3n) is 2.42. The number of anilines is 1. The molecule has 20 heavy (non-hydrogen) atoms. The molecule has 0 fully saturated rings. The van der Waals surface area contributed by atoms with Crippen LogP contribution in [0.4, 0.5) is 5.69 Å². The van der Waals surface area contributed by atoms with Crippen molar-refractivity contribution in [3.63, 3.8) is 0 Å². The maximum Gasteiger partial charge on any atom is 0.335 e. The monoisotopic (exact) mass is 296 g/mol. The molecule has 0 spiro atoms. The minimum absolute atomic E-state index is 0.0834. The number of aromatic nitrogens is 1. The van der Waals surface area contributed by atoms with Crippen LogP contribution in [0.5, 0.6) is 0 Å². The number of aryl methyl sites for hydroxylation is 1. The SMILES string of the molecule is Cc1cc(CS(=O)(=O)Nc2ccc(C(=O)O)cc2)no1. The molecule has 2 N–H and O–H groups in total. The Morgan fingerprint density at radius 1 is 1.35 bits per heavy atom. The molecule has 0 aliphatic rings. The number of benzene rings is 1. The second-order valence-electron chi connectivity index (χ2n) is 4.17. The summed E-state index contributed by atoms with van der Waals surface area (Å²) < 4.78 is 30.9. The average Bonchev–Trinajstić information content (AvgIpc) is 2.73. The molecule has 0 saturated heterocycles. The van der Waals surface area contributed by atoms with Gasteiger partial charge in [0.25, 0.3) is 0 Å². The van der Waals surface area contributed by atoms with Crippen LogP contribution in [0.1, 0.15) is 21.8 Å². The van der Waals surface area contributed by atoms with Crippen LogP contribution < -0.4 is 4.72 Å². The number of sulfonamides is 1. The Bertz CT molecular complexity index is 719. The predicted octanol–water partition coefficient (Wildman–Crippen LogP) is 1.62. The number of nitrogens with zero attached hydrogens (tertiary/aromatic N) is 1. The van der Waals surface area contributed by atoms with Crippen molar-refractivity contribution in [3.05, 3.63) is 47.3 Å². The molecular weight excluding hydrogens is 284 g/mol. The fourth-order valence-corrected chi connectivity index (χ4v) is 2.67.